The predicted octanol–water partition coefficient (Wildman–Crippen LogP) is 5.15. The number of hydrogen-bond acceptors (Lipinski definition) is 2. The fraction of sp³-hybridized carbons (Fsp3) is 0.444. The molecule has 0 radical (unpaired) electrons. The minimum atomic E-state index is 0.0434. The summed E-state index contributed by atoms with van der Waals surface area (Å²) in [6, 6.07) is 17.3. The van der Waals surface area contributed by atoms with Crippen LogP contribution in [0.5, 0.6) is 0 Å². The highest BCUT2D eigenvalue weighted by atomic mass is 16.2. The topological polar surface area (TPSA) is 39.3 Å². The van der Waals surface area contributed by atoms with E-state index in [1.54, 1.807) is 0 Å². The largest absolute Gasteiger partial charge is 0.361 e. The van der Waals surface area contributed by atoms with Gasteiger partial charge in [-0.25, -0.2) is 0 Å². The van der Waals surface area contributed by atoms with Gasteiger partial charge in [-0.05, 0) is 34.7 Å². The van der Waals surface area contributed by atoms with Crippen molar-refractivity contribution < 1.29 is 4.79 Å². The van der Waals surface area contributed by atoms with E-state index in [9.17, 15) is 4.79 Å². The molecule has 1 aliphatic heterocycles. The van der Waals surface area contributed by atoms with E-state index in [1.165, 1.54) is 22.1 Å². The third-order valence-corrected chi connectivity index (χ3v) is 6.73. The van der Waals surface area contributed by atoms with Crippen LogP contribution >= 0.6 is 0 Å². The van der Waals surface area contributed by atoms with Crippen LogP contribution in [0.1, 0.15) is 56.7 Å². The maximum atomic E-state index is 13.3. The number of rotatable bonds is 5. The van der Waals surface area contributed by atoms with Crippen LogP contribution in [-0.2, 0) is 10.2 Å². The number of amides is 1. The van der Waals surface area contributed by atoms with Crippen LogP contribution in [0.4, 0.5) is 0 Å². The van der Waals surface area contributed by atoms with E-state index in [2.05, 4.69) is 91.1 Å². The van der Waals surface area contributed by atoms with Crippen LogP contribution in [-0.4, -0.2) is 53.4 Å². The van der Waals surface area contributed by atoms with Crippen LogP contribution < -0.4 is 0 Å². The molecule has 2 aromatic carbocycles. The first-order chi connectivity index (χ1) is 14.9. The Morgan fingerprint density at radius 2 is 1.68 bits per heavy atom. The Balaban J connectivity index is 1.64. The zero-order valence-corrected chi connectivity index (χ0v) is 19.3. The van der Waals surface area contributed by atoms with Gasteiger partial charge in [-0.1, -0.05) is 70.2 Å². The Kier molecular flexibility index (Phi) is 6.19. The molecule has 1 fully saturated rings. The van der Waals surface area contributed by atoms with Crippen molar-refractivity contribution in [2.24, 2.45) is 0 Å². The van der Waals surface area contributed by atoms with Gasteiger partial charge in [0.1, 0.15) is 0 Å². The smallest absolute Gasteiger partial charge is 0.223 e. The molecule has 0 aliphatic carbocycles. The summed E-state index contributed by atoms with van der Waals surface area (Å²) >= 11 is 0. The maximum Gasteiger partial charge on any atom is 0.223 e. The molecule has 3 aromatic rings. The first-order valence-corrected chi connectivity index (χ1v) is 11.5. The van der Waals surface area contributed by atoms with E-state index in [0.29, 0.717) is 6.42 Å². The van der Waals surface area contributed by atoms with Crippen molar-refractivity contribution in [1.82, 2.24) is 14.8 Å². The van der Waals surface area contributed by atoms with Crippen molar-refractivity contribution in [1.29, 1.82) is 0 Å². The van der Waals surface area contributed by atoms with Gasteiger partial charge in [0.2, 0.25) is 5.91 Å². The SMILES string of the molecule is CCN1CCN(C(=O)CC(c2ccc(C(C)(C)C)cc2)c2c[nH]c3ccccc23)CC1. The molecule has 1 amide bonds. The second-order valence-electron chi connectivity index (χ2n) is 9.73. The number of aromatic nitrogens is 1. The Morgan fingerprint density at radius 3 is 2.32 bits per heavy atom. The van der Waals surface area contributed by atoms with E-state index in [-0.39, 0.29) is 17.2 Å². The molecule has 1 saturated heterocycles. The van der Waals surface area contributed by atoms with Gasteiger partial charge >= 0.3 is 0 Å². The molecule has 1 N–H and O–H groups in total. The van der Waals surface area contributed by atoms with Gasteiger partial charge in [-0.3, -0.25) is 4.79 Å². The number of hydrogen-bond donors (Lipinski definition) is 1. The van der Waals surface area contributed by atoms with E-state index in [0.717, 1.165) is 38.2 Å². The second-order valence-corrected chi connectivity index (χ2v) is 9.73. The van der Waals surface area contributed by atoms with E-state index in [1.807, 2.05) is 6.07 Å². The maximum absolute atomic E-state index is 13.3. The lowest BCUT2D eigenvalue weighted by Gasteiger charge is -2.35. The number of likely N-dealkylation sites (N-methyl/N-ethyl adjacent to an activating group) is 1. The number of carbonyl (C=O) groups is 1. The number of carbonyl (C=O) groups excluding carboxylic acids is 1. The minimum absolute atomic E-state index is 0.0434. The number of benzene rings is 2. The van der Waals surface area contributed by atoms with E-state index >= 15 is 0 Å². The molecule has 164 valence electrons. The van der Waals surface area contributed by atoms with Crippen molar-refractivity contribution in [3.63, 3.8) is 0 Å². The van der Waals surface area contributed by atoms with E-state index in [4.69, 9.17) is 0 Å². The van der Waals surface area contributed by atoms with E-state index < -0.39 is 0 Å². The molecule has 0 spiro atoms. The lowest BCUT2D eigenvalue weighted by atomic mass is 9.83. The van der Waals surface area contributed by atoms with Gasteiger partial charge in [0.05, 0.1) is 0 Å². The minimum Gasteiger partial charge on any atom is -0.361 e. The highest BCUT2D eigenvalue weighted by Crippen LogP contribution is 2.35. The molecule has 1 unspecified atom stereocenters. The van der Waals surface area contributed by atoms with Crippen molar-refractivity contribution in [2.45, 2.75) is 45.4 Å². The quantitative estimate of drug-likeness (QED) is 0.623. The fourth-order valence-corrected chi connectivity index (χ4v) is 4.62. The third-order valence-electron chi connectivity index (χ3n) is 6.73. The summed E-state index contributed by atoms with van der Waals surface area (Å²) in [5.41, 5.74) is 4.97. The molecular formula is C27H35N3O. The van der Waals surface area contributed by atoms with Crippen LogP contribution in [0.2, 0.25) is 0 Å². The van der Waals surface area contributed by atoms with Gasteiger partial charge in [0.15, 0.2) is 0 Å². The zero-order valence-electron chi connectivity index (χ0n) is 19.3. The number of fused-ring (bicyclic) bond motifs is 1. The Labute approximate surface area is 186 Å². The fourth-order valence-electron chi connectivity index (χ4n) is 4.62. The zero-order chi connectivity index (χ0) is 22.0. The van der Waals surface area contributed by atoms with Gasteiger partial charge in [-0.2, -0.15) is 0 Å². The standard InChI is InChI=1S/C27H35N3O/c1-5-29-14-16-30(17-15-29)26(31)18-23(20-10-12-21(13-11-20)27(2,3)4)24-19-28-25-9-7-6-8-22(24)25/h6-13,19,23,28H,5,14-18H2,1-4H3. The van der Waals surface area contributed by atoms with Crippen LogP contribution in [0, 0.1) is 0 Å². The summed E-state index contributed by atoms with van der Waals surface area (Å²) in [6.45, 7) is 13.6. The van der Waals surface area contributed by atoms with Crippen molar-refractivity contribution in [3.8, 4) is 0 Å². The molecule has 0 bridgehead atoms. The number of H-pyrrole nitrogens is 1. The lowest BCUT2D eigenvalue weighted by Crippen LogP contribution is -2.48. The summed E-state index contributed by atoms with van der Waals surface area (Å²) in [5, 5.41) is 1.20. The van der Waals surface area contributed by atoms with Crippen LogP contribution in [0.3, 0.4) is 0 Å². The van der Waals surface area contributed by atoms with Gasteiger partial charge in [0, 0.05) is 55.6 Å². The second kappa shape index (κ2) is 8.88. The van der Waals surface area contributed by atoms with Gasteiger partial charge < -0.3 is 14.8 Å². The molecule has 0 saturated carbocycles. The predicted molar refractivity (Wildman–Crippen MR) is 129 cm³/mol. The highest BCUT2D eigenvalue weighted by Gasteiger charge is 2.26. The third kappa shape index (κ3) is 4.69. The molecule has 1 aliphatic rings. The average molecular weight is 418 g/mol. The first kappa shape index (κ1) is 21.6. The molecule has 4 rings (SSSR count). The Hall–Kier alpha value is -2.59. The van der Waals surface area contributed by atoms with Crippen molar-refractivity contribution in [2.75, 3.05) is 32.7 Å². The summed E-state index contributed by atoms with van der Waals surface area (Å²) < 4.78 is 0. The van der Waals surface area contributed by atoms with Crippen molar-refractivity contribution >= 4 is 16.8 Å². The number of piperazine rings is 1. The Bertz CT molecular complexity index is 1020. The molecule has 31 heavy (non-hydrogen) atoms. The number of para-hydroxylation sites is 1. The molecule has 1 aromatic heterocycles. The summed E-state index contributed by atoms with van der Waals surface area (Å²) in [5.74, 6) is 0.299. The van der Waals surface area contributed by atoms with Gasteiger partial charge in [-0.15, -0.1) is 0 Å². The summed E-state index contributed by atoms with van der Waals surface area (Å²) in [7, 11) is 0. The molecule has 2 heterocycles. The molecule has 1 atom stereocenters. The normalized spacial score (nSPS) is 16.6. The molecular weight excluding hydrogens is 382 g/mol. The average Bonchev–Trinajstić information content (AvgIpc) is 3.21. The number of nitrogens with one attached hydrogen (secondary N) is 1. The first-order valence-electron chi connectivity index (χ1n) is 11.5. The lowest BCUT2D eigenvalue weighted by molar-refractivity contribution is -0.133. The molecule has 4 heteroatoms. The monoisotopic (exact) mass is 417 g/mol. The van der Waals surface area contributed by atoms with Crippen LogP contribution in [0.25, 0.3) is 10.9 Å². The Morgan fingerprint density at radius 1 is 1.00 bits per heavy atom. The van der Waals surface area contributed by atoms with Crippen molar-refractivity contribution in [3.05, 3.63) is 71.4 Å². The summed E-state index contributed by atoms with van der Waals surface area (Å²) in [4.78, 5) is 21.2. The summed E-state index contributed by atoms with van der Waals surface area (Å²) in [6.07, 6.45) is 2.60. The van der Waals surface area contributed by atoms with Gasteiger partial charge in [0.25, 0.3) is 0 Å². The van der Waals surface area contributed by atoms with Crippen LogP contribution in [0.15, 0.2) is 54.7 Å². The number of aromatic amines is 1. The number of nitrogens with zero attached hydrogens (tertiary/aromatic N) is 2. The molecule has 4 nitrogen and oxygen atoms in total. The highest BCUT2D eigenvalue weighted by molar-refractivity contribution is 5.86.